The molecule has 5 aromatic rings. The molecule has 2 aromatic heterocycles. The van der Waals surface area contributed by atoms with Gasteiger partial charge in [-0.05, 0) is 51.3 Å². The second kappa shape index (κ2) is 9.22. The van der Waals surface area contributed by atoms with Gasteiger partial charge in [0, 0.05) is 52.0 Å². The van der Waals surface area contributed by atoms with Gasteiger partial charge in [0.15, 0.2) is 0 Å². The van der Waals surface area contributed by atoms with Gasteiger partial charge in [-0.15, -0.1) is 0 Å². The molecule has 1 aliphatic heterocycles. The van der Waals surface area contributed by atoms with Crippen molar-refractivity contribution >= 4 is 44.8 Å². The van der Waals surface area contributed by atoms with E-state index in [4.69, 9.17) is 0 Å². The van der Waals surface area contributed by atoms with Gasteiger partial charge in [-0.25, -0.2) is 0 Å². The Morgan fingerprint density at radius 3 is 1.95 bits per heavy atom. The quantitative estimate of drug-likeness (QED) is 0.324. The Morgan fingerprint density at radius 1 is 0.703 bits per heavy atom. The Morgan fingerprint density at radius 2 is 1.27 bits per heavy atom. The molecule has 0 bridgehead atoms. The van der Waals surface area contributed by atoms with Gasteiger partial charge in [0.05, 0.1) is 16.7 Å². The average Bonchev–Trinajstić information content (AvgIpc) is 3.55. The number of fused-ring (bicyclic) bond motifs is 2. The predicted molar refractivity (Wildman–Crippen MR) is 148 cm³/mol. The molecule has 3 heterocycles. The number of carbonyl (C=O) groups excluding carboxylic acids is 2. The molecule has 184 valence electrons. The van der Waals surface area contributed by atoms with Crippen molar-refractivity contribution in [3.63, 3.8) is 0 Å². The number of aryl methyl sites for hydroxylation is 1. The van der Waals surface area contributed by atoms with Gasteiger partial charge in [-0.3, -0.25) is 14.9 Å². The smallest absolute Gasteiger partial charge is 0.259 e. The highest BCUT2D eigenvalue weighted by molar-refractivity contribution is 6.50. The highest BCUT2D eigenvalue weighted by Gasteiger charge is 2.35. The highest BCUT2D eigenvalue weighted by Crippen LogP contribution is 2.39. The maximum Gasteiger partial charge on any atom is 0.259 e. The fraction of sp³-hybridized carbons (Fsp3) is 0.161. The summed E-state index contributed by atoms with van der Waals surface area (Å²) in [5.74, 6) is -0.715. The lowest BCUT2D eigenvalue weighted by atomic mass is 9.95. The molecule has 6 nitrogen and oxygen atoms in total. The lowest BCUT2D eigenvalue weighted by Gasteiger charge is -2.10. The monoisotopic (exact) mass is 488 g/mol. The van der Waals surface area contributed by atoms with Gasteiger partial charge in [0.2, 0.25) is 0 Å². The maximum absolute atomic E-state index is 13.3. The SMILES string of the molecule is CN(C)CCCn1cc(C2=C(c3cn(-c4ccccc4)c4ccccc34)C(=O)NC2=O)c2ccccc21. The first-order valence-electron chi connectivity index (χ1n) is 12.5. The summed E-state index contributed by atoms with van der Waals surface area (Å²) in [7, 11) is 4.13. The van der Waals surface area contributed by atoms with Crippen LogP contribution in [0.5, 0.6) is 0 Å². The summed E-state index contributed by atoms with van der Waals surface area (Å²) in [4.78, 5) is 28.8. The molecule has 2 amide bonds. The largest absolute Gasteiger partial charge is 0.347 e. The van der Waals surface area contributed by atoms with Crippen molar-refractivity contribution < 1.29 is 9.59 Å². The van der Waals surface area contributed by atoms with Crippen LogP contribution >= 0.6 is 0 Å². The van der Waals surface area contributed by atoms with Gasteiger partial charge < -0.3 is 14.0 Å². The summed E-state index contributed by atoms with van der Waals surface area (Å²) in [5, 5.41) is 4.48. The number of amides is 2. The number of nitrogens with zero attached hydrogens (tertiary/aromatic N) is 3. The van der Waals surface area contributed by atoms with Crippen LogP contribution in [-0.2, 0) is 16.1 Å². The Balaban J connectivity index is 1.57. The Hall–Kier alpha value is -4.42. The van der Waals surface area contributed by atoms with Crippen molar-refractivity contribution in [3.8, 4) is 5.69 Å². The number of carbonyl (C=O) groups is 2. The normalized spacial score (nSPS) is 13.9. The number of nitrogens with one attached hydrogen (secondary N) is 1. The molecule has 0 unspecified atom stereocenters. The van der Waals surface area contributed by atoms with Crippen LogP contribution in [0.15, 0.2) is 91.3 Å². The van der Waals surface area contributed by atoms with Gasteiger partial charge in [-0.2, -0.15) is 0 Å². The second-order valence-electron chi connectivity index (χ2n) is 9.71. The van der Waals surface area contributed by atoms with Crippen LogP contribution in [0.2, 0.25) is 0 Å². The first-order valence-corrected chi connectivity index (χ1v) is 12.5. The standard InChI is InChI=1S/C31H28N4O2/c1-33(2)17-10-18-34-19-24(22-13-6-8-15-26(22)34)28-29(31(37)32-30(28)36)25-20-35(21-11-4-3-5-12-21)27-16-9-7-14-23(25)27/h3-9,11-16,19-20H,10,17-18H2,1-2H3,(H,32,36,37). The first-order chi connectivity index (χ1) is 18.0. The number of aromatic nitrogens is 2. The number of rotatable bonds is 7. The minimum atomic E-state index is -0.361. The lowest BCUT2D eigenvalue weighted by molar-refractivity contribution is -0.122. The molecule has 0 saturated heterocycles. The van der Waals surface area contributed by atoms with Crippen molar-refractivity contribution in [3.05, 3.63) is 102 Å². The molecule has 37 heavy (non-hydrogen) atoms. The minimum Gasteiger partial charge on any atom is -0.347 e. The fourth-order valence-corrected chi connectivity index (χ4v) is 5.34. The minimum absolute atomic E-state index is 0.354. The van der Waals surface area contributed by atoms with Crippen molar-refractivity contribution in [1.82, 2.24) is 19.4 Å². The van der Waals surface area contributed by atoms with Crippen LogP contribution in [0.25, 0.3) is 38.6 Å². The van der Waals surface area contributed by atoms with Gasteiger partial charge >= 0.3 is 0 Å². The molecule has 0 spiro atoms. The molecular formula is C31H28N4O2. The molecule has 0 atom stereocenters. The summed E-state index contributed by atoms with van der Waals surface area (Å²) in [6.45, 7) is 1.79. The molecule has 3 aromatic carbocycles. The molecule has 6 heteroatoms. The molecule has 1 aliphatic rings. The third-order valence-electron chi connectivity index (χ3n) is 7.01. The van der Waals surface area contributed by atoms with E-state index in [0.29, 0.717) is 11.1 Å². The first kappa shape index (κ1) is 23.0. The van der Waals surface area contributed by atoms with Crippen molar-refractivity contribution in [2.45, 2.75) is 13.0 Å². The van der Waals surface area contributed by atoms with E-state index < -0.39 is 0 Å². The van der Waals surface area contributed by atoms with E-state index in [1.54, 1.807) is 0 Å². The van der Waals surface area contributed by atoms with Crippen molar-refractivity contribution in [1.29, 1.82) is 0 Å². The van der Waals surface area contributed by atoms with E-state index >= 15 is 0 Å². The van der Waals surface area contributed by atoms with Crippen molar-refractivity contribution in [2.24, 2.45) is 0 Å². The summed E-state index contributed by atoms with van der Waals surface area (Å²) in [5.41, 5.74) is 5.43. The van der Waals surface area contributed by atoms with E-state index in [-0.39, 0.29) is 11.8 Å². The van der Waals surface area contributed by atoms with Gasteiger partial charge in [-0.1, -0.05) is 54.6 Å². The molecule has 0 saturated carbocycles. The number of imide groups is 1. The van der Waals surface area contributed by atoms with Gasteiger partial charge in [0.1, 0.15) is 0 Å². The molecular weight excluding hydrogens is 460 g/mol. The summed E-state index contributed by atoms with van der Waals surface area (Å²) < 4.78 is 4.28. The highest BCUT2D eigenvalue weighted by atomic mass is 16.2. The summed E-state index contributed by atoms with van der Waals surface area (Å²) in [6.07, 6.45) is 4.99. The van der Waals surface area contributed by atoms with E-state index in [1.807, 2.05) is 85.2 Å². The van der Waals surface area contributed by atoms with Crippen LogP contribution in [0.1, 0.15) is 17.5 Å². The van der Waals surface area contributed by atoms with E-state index in [1.165, 1.54) is 0 Å². The van der Waals surface area contributed by atoms with Crippen LogP contribution in [0, 0.1) is 0 Å². The number of hydrogen-bond acceptors (Lipinski definition) is 3. The van der Waals surface area contributed by atoms with Crippen molar-refractivity contribution in [2.75, 3.05) is 20.6 Å². The fourth-order valence-electron chi connectivity index (χ4n) is 5.34. The molecule has 0 radical (unpaired) electrons. The Labute approximate surface area is 215 Å². The molecule has 1 N–H and O–H groups in total. The third-order valence-corrected chi connectivity index (χ3v) is 7.01. The second-order valence-corrected chi connectivity index (χ2v) is 9.71. The molecule has 0 aliphatic carbocycles. The average molecular weight is 489 g/mol. The number of benzene rings is 3. The third kappa shape index (κ3) is 3.96. The zero-order valence-electron chi connectivity index (χ0n) is 20.9. The zero-order valence-corrected chi connectivity index (χ0v) is 20.9. The summed E-state index contributed by atoms with van der Waals surface area (Å²) in [6, 6.07) is 26.1. The van der Waals surface area contributed by atoms with Crippen LogP contribution in [-0.4, -0.2) is 46.5 Å². The van der Waals surface area contributed by atoms with Crippen LogP contribution < -0.4 is 5.32 Å². The lowest BCUT2D eigenvalue weighted by Crippen LogP contribution is -2.22. The van der Waals surface area contributed by atoms with Crippen LogP contribution in [0.4, 0.5) is 0 Å². The molecule has 0 fully saturated rings. The van der Waals surface area contributed by atoms with E-state index in [2.05, 4.69) is 39.5 Å². The number of para-hydroxylation sites is 3. The Kier molecular flexibility index (Phi) is 5.74. The molecule has 6 rings (SSSR count). The van der Waals surface area contributed by atoms with Crippen LogP contribution in [0.3, 0.4) is 0 Å². The van der Waals surface area contributed by atoms with E-state index in [0.717, 1.165) is 58.1 Å². The Bertz CT molecular complexity index is 1690. The zero-order chi connectivity index (χ0) is 25.5. The van der Waals surface area contributed by atoms with E-state index in [9.17, 15) is 9.59 Å². The topological polar surface area (TPSA) is 59.3 Å². The van der Waals surface area contributed by atoms with Gasteiger partial charge in [0.25, 0.3) is 11.8 Å². The predicted octanol–water partition coefficient (Wildman–Crippen LogP) is 5.10. The summed E-state index contributed by atoms with van der Waals surface area (Å²) >= 11 is 0. The maximum atomic E-state index is 13.3. The number of hydrogen-bond donors (Lipinski definition) is 1.